The van der Waals surface area contributed by atoms with E-state index in [9.17, 15) is 0 Å². The van der Waals surface area contributed by atoms with Crippen LogP contribution < -0.4 is 5.32 Å². The Bertz CT molecular complexity index is 538. The minimum atomic E-state index is 0.675. The number of hydrogen-bond acceptors (Lipinski definition) is 3. The highest BCUT2D eigenvalue weighted by Gasteiger charge is 2.06. The average molecular weight is 275 g/mol. The summed E-state index contributed by atoms with van der Waals surface area (Å²) < 4.78 is 4.08. The van der Waals surface area contributed by atoms with E-state index < -0.39 is 0 Å². The lowest BCUT2D eigenvalue weighted by Gasteiger charge is -2.06. The largest absolute Gasteiger partial charge is 0.338 e. The van der Waals surface area contributed by atoms with Gasteiger partial charge in [-0.1, -0.05) is 13.8 Å². The minimum absolute atomic E-state index is 0.675. The summed E-state index contributed by atoms with van der Waals surface area (Å²) in [5.74, 6) is 1.77. The molecule has 20 heavy (non-hydrogen) atoms. The van der Waals surface area contributed by atoms with Gasteiger partial charge in [-0.15, -0.1) is 0 Å². The van der Waals surface area contributed by atoms with Crippen LogP contribution in [0.15, 0.2) is 18.6 Å². The molecule has 0 saturated heterocycles. The standard InChI is InChI=1S/C15H25N5/c1-12(2)9-16-10-14-11-20(18-13(14)3)7-5-15-17-6-8-19(15)4/h6,8,11-12,16H,5,7,9-10H2,1-4H3. The molecule has 0 aliphatic heterocycles. The lowest BCUT2D eigenvalue weighted by molar-refractivity contribution is 0.551. The van der Waals surface area contributed by atoms with Gasteiger partial charge < -0.3 is 9.88 Å². The molecule has 2 rings (SSSR count). The Morgan fingerprint density at radius 2 is 2.15 bits per heavy atom. The monoisotopic (exact) mass is 275 g/mol. The fraction of sp³-hybridized carbons (Fsp3) is 0.600. The highest BCUT2D eigenvalue weighted by atomic mass is 15.3. The summed E-state index contributed by atoms with van der Waals surface area (Å²) >= 11 is 0. The number of nitrogens with zero attached hydrogens (tertiary/aromatic N) is 4. The van der Waals surface area contributed by atoms with E-state index in [0.29, 0.717) is 5.92 Å². The van der Waals surface area contributed by atoms with Crippen molar-refractivity contribution in [2.45, 2.75) is 40.3 Å². The van der Waals surface area contributed by atoms with Crippen molar-refractivity contribution >= 4 is 0 Å². The third-order valence-corrected chi connectivity index (χ3v) is 3.40. The molecular formula is C15H25N5. The van der Waals surface area contributed by atoms with Gasteiger partial charge in [0.1, 0.15) is 5.82 Å². The third kappa shape index (κ3) is 3.93. The Morgan fingerprint density at radius 1 is 1.35 bits per heavy atom. The van der Waals surface area contributed by atoms with Gasteiger partial charge in [0.2, 0.25) is 0 Å². The van der Waals surface area contributed by atoms with E-state index >= 15 is 0 Å². The zero-order valence-electron chi connectivity index (χ0n) is 12.9. The lowest BCUT2D eigenvalue weighted by atomic mass is 10.2. The highest BCUT2D eigenvalue weighted by molar-refractivity contribution is 5.15. The summed E-state index contributed by atoms with van der Waals surface area (Å²) in [6.07, 6.45) is 6.87. The molecule has 0 aliphatic carbocycles. The van der Waals surface area contributed by atoms with Gasteiger partial charge in [-0.3, -0.25) is 4.68 Å². The Labute approximate surface area is 121 Å². The molecule has 5 heteroatoms. The van der Waals surface area contributed by atoms with Gasteiger partial charge in [-0.2, -0.15) is 5.10 Å². The number of hydrogen-bond donors (Lipinski definition) is 1. The predicted octanol–water partition coefficient (Wildman–Crippen LogP) is 1.91. The van der Waals surface area contributed by atoms with Crippen LogP contribution in [0.4, 0.5) is 0 Å². The maximum absolute atomic E-state index is 4.58. The molecule has 5 nitrogen and oxygen atoms in total. The van der Waals surface area contributed by atoms with Crippen LogP contribution in [0.3, 0.4) is 0 Å². The van der Waals surface area contributed by atoms with Crippen LogP contribution >= 0.6 is 0 Å². The Kier molecular flexibility index (Phi) is 4.95. The van der Waals surface area contributed by atoms with Crippen molar-refractivity contribution in [1.29, 1.82) is 0 Å². The van der Waals surface area contributed by atoms with Gasteiger partial charge in [0, 0.05) is 50.7 Å². The quantitative estimate of drug-likeness (QED) is 0.839. The van der Waals surface area contributed by atoms with Crippen molar-refractivity contribution in [3.05, 3.63) is 35.7 Å². The summed E-state index contributed by atoms with van der Waals surface area (Å²) in [7, 11) is 2.03. The van der Waals surface area contributed by atoms with Gasteiger partial charge in [0.15, 0.2) is 0 Å². The van der Waals surface area contributed by atoms with E-state index in [1.54, 1.807) is 0 Å². The highest BCUT2D eigenvalue weighted by Crippen LogP contribution is 2.07. The van der Waals surface area contributed by atoms with Gasteiger partial charge in [-0.05, 0) is 19.4 Å². The average Bonchev–Trinajstić information content (AvgIpc) is 2.93. The number of aryl methyl sites for hydroxylation is 4. The zero-order valence-corrected chi connectivity index (χ0v) is 12.9. The van der Waals surface area contributed by atoms with E-state index in [-0.39, 0.29) is 0 Å². The Morgan fingerprint density at radius 3 is 2.80 bits per heavy atom. The van der Waals surface area contributed by atoms with E-state index in [1.807, 2.05) is 24.1 Å². The number of aromatic nitrogens is 4. The second-order valence-corrected chi connectivity index (χ2v) is 5.73. The van der Waals surface area contributed by atoms with Crippen molar-refractivity contribution in [3.63, 3.8) is 0 Å². The molecular weight excluding hydrogens is 250 g/mol. The smallest absolute Gasteiger partial charge is 0.110 e. The SMILES string of the molecule is Cc1nn(CCc2nccn2C)cc1CNCC(C)C. The molecule has 0 radical (unpaired) electrons. The van der Waals surface area contributed by atoms with E-state index in [4.69, 9.17) is 0 Å². The molecule has 0 atom stereocenters. The summed E-state index contributed by atoms with van der Waals surface area (Å²) in [5.41, 5.74) is 2.39. The molecule has 0 amide bonds. The first-order valence-electron chi connectivity index (χ1n) is 7.26. The van der Waals surface area contributed by atoms with Crippen molar-refractivity contribution in [1.82, 2.24) is 24.6 Å². The summed E-state index contributed by atoms with van der Waals surface area (Å²) in [6.45, 7) is 9.32. The van der Waals surface area contributed by atoms with Crippen molar-refractivity contribution in [2.75, 3.05) is 6.54 Å². The second-order valence-electron chi connectivity index (χ2n) is 5.73. The molecule has 2 heterocycles. The van der Waals surface area contributed by atoms with E-state index in [0.717, 1.165) is 37.6 Å². The molecule has 0 spiro atoms. The molecule has 2 aromatic heterocycles. The molecule has 0 saturated carbocycles. The maximum atomic E-state index is 4.58. The molecule has 1 N–H and O–H groups in total. The zero-order chi connectivity index (χ0) is 14.5. The fourth-order valence-electron chi connectivity index (χ4n) is 2.19. The van der Waals surface area contributed by atoms with Crippen molar-refractivity contribution in [2.24, 2.45) is 13.0 Å². The molecule has 0 fully saturated rings. The van der Waals surface area contributed by atoms with Gasteiger partial charge in [0.05, 0.1) is 5.69 Å². The predicted molar refractivity (Wildman–Crippen MR) is 80.4 cm³/mol. The van der Waals surface area contributed by atoms with Gasteiger partial charge >= 0.3 is 0 Å². The van der Waals surface area contributed by atoms with E-state index in [2.05, 4.69) is 46.9 Å². The van der Waals surface area contributed by atoms with Crippen LogP contribution in [0.2, 0.25) is 0 Å². The maximum Gasteiger partial charge on any atom is 0.110 e. The van der Waals surface area contributed by atoms with Crippen LogP contribution in [0, 0.1) is 12.8 Å². The van der Waals surface area contributed by atoms with Crippen molar-refractivity contribution < 1.29 is 0 Å². The second kappa shape index (κ2) is 6.70. The normalized spacial score (nSPS) is 11.4. The summed E-state index contributed by atoms with van der Waals surface area (Å²) in [6, 6.07) is 0. The molecule has 0 aliphatic rings. The van der Waals surface area contributed by atoms with Crippen LogP contribution in [-0.4, -0.2) is 25.9 Å². The van der Waals surface area contributed by atoms with E-state index in [1.165, 1.54) is 5.56 Å². The molecule has 0 bridgehead atoms. The van der Waals surface area contributed by atoms with Crippen LogP contribution in [0.5, 0.6) is 0 Å². The third-order valence-electron chi connectivity index (χ3n) is 3.40. The van der Waals surface area contributed by atoms with Crippen molar-refractivity contribution in [3.8, 4) is 0 Å². The lowest BCUT2D eigenvalue weighted by Crippen LogP contribution is -2.19. The fourth-order valence-corrected chi connectivity index (χ4v) is 2.19. The van der Waals surface area contributed by atoms with Gasteiger partial charge in [-0.25, -0.2) is 4.98 Å². The molecule has 2 aromatic rings. The topological polar surface area (TPSA) is 47.7 Å². The molecule has 110 valence electrons. The Hall–Kier alpha value is -1.62. The first-order chi connectivity index (χ1) is 9.56. The van der Waals surface area contributed by atoms with Gasteiger partial charge in [0.25, 0.3) is 0 Å². The number of imidazole rings is 1. The first kappa shape index (κ1) is 14.8. The Balaban J connectivity index is 1.88. The molecule has 0 unspecified atom stereocenters. The van der Waals surface area contributed by atoms with Crippen LogP contribution in [0.25, 0.3) is 0 Å². The van der Waals surface area contributed by atoms with Crippen LogP contribution in [-0.2, 0) is 26.6 Å². The number of nitrogens with one attached hydrogen (secondary N) is 1. The minimum Gasteiger partial charge on any atom is -0.338 e. The summed E-state index contributed by atoms with van der Waals surface area (Å²) in [5, 5.41) is 8.04. The van der Waals surface area contributed by atoms with Crippen LogP contribution in [0.1, 0.15) is 30.9 Å². The first-order valence-corrected chi connectivity index (χ1v) is 7.26. The molecule has 0 aromatic carbocycles. The number of rotatable bonds is 7. The summed E-state index contributed by atoms with van der Waals surface area (Å²) in [4.78, 5) is 4.34.